The molecule has 4 saturated heterocycles. The van der Waals surface area contributed by atoms with Crippen LogP contribution >= 0.6 is 0 Å². The minimum atomic E-state index is 0.170. The van der Waals surface area contributed by atoms with E-state index in [4.69, 9.17) is 9.47 Å². The van der Waals surface area contributed by atoms with Crippen molar-refractivity contribution < 1.29 is 14.3 Å². The molecule has 29 heavy (non-hydrogen) atoms. The molecule has 3 atom stereocenters. The van der Waals surface area contributed by atoms with E-state index in [1.807, 2.05) is 6.07 Å². The number of piperidine rings is 3. The van der Waals surface area contributed by atoms with Crippen LogP contribution in [0.4, 0.5) is 4.79 Å². The number of urea groups is 1. The molecule has 2 amide bonds. The minimum Gasteiger partial charge on any atom is -0.454 e. The standard InChI is InChI=1S/C23H31N3O3/c27-23(24-17-4-2-1-3-5-17)26-13-18(16-6-7-19-20(12-16)29-14-28-19)22-21(26)15-8-10-25(22)11-9-15/h6-7,12,15,17-18,21-22H,1-5,8-11,13-14H2,(H,24,27)/t18-,21+,22+/m1/s1. The third-order valence-corrected chi connectivity index (χ3v) is 8.01. The Morgan fingerprint density at radius 1 is 0.966 bits per heavy atom. The highest BCUT2D eigenvalue weighted by atomic mass is 16.7. The first-order valence-electron chi connectivity index (χ1n) is 11.5. The van der Waals surface area contributed by atoms with E-state index in [1.54, 1.807) is 0 Å². The Morgan fingerprint density at radius 2 is 1.76 bits per heavy atom. The van der Waals surface area contributed by atoms with E-state index < -0.39 is 0 Å². The maximum atomic E-state index is 13.4. The average molecular weight is 398 g/mol. The van der Waals surface area contributed by atoms with Crippen LogP contribution in [0.3, 0.4) is 0 Å². The highest BCUT2D eigenvalue weighted by Crippen LogP contribution is 2.48. The summed E-state index contributed by atoms with van der Waals surface area (Å²) in [4.78, 5) is 18.2. The molecular weight excluding hydrogens is 366 g/mol. The molecule has 2 bridgehead atoms. The molecule has 6 nitrogen and oxygen atoms in total. The average Bonchev–Trinajstić information content (AvgIpc) is 3.41. The topological polar surface area (TPSA) is 54.0 Å². The summed E-state index contributed by atoms with van der Waals surface area (Å²) < 4.78 is 11.2. The summed E-state index contributed by atoms with van der Waals surface area (Å²) in [6, 6.07) is 7.67. The van der Waals surface area contributed by atoms with E-state index in [2.05, 4.69) is 27.2 Å². The van der Waals surface area contributed by atoms with Crippen molar-refractivity contribution in [2.45, 2.75) is 69.0 Å². The summed E-state index contributed by atoms with van der Waals surface area (Å²) in [5.41, 5.74) is 1.28. The maximum absolute atomic E-state index is 13.4. The van der Waals surface area contributed by atoms with Gasteiger partial charge in [0, 0.05) is 24.5 Å². The first kappa shape index (κ1) is 17.9. The Kier molecular flexibility index (Phi) is 4.36. The number of ether oxygens (including phenoxy) is 2. The van der Waals surface area contributed by atoms with E-state index in [0.29, 0.717) is 36.8 Å². The van der Waals surface area contributed by atoms with E-state index in [0.717, 1.165) is 30.9 Å². The molecule has 156 valence electrons. The molecule has 6 heteroatoms. The second-order valence-corrected chi connectivity index (χ2v) is 9.51. The molecule has 1 saturated carbocycles. The Morgan fingerprint density at radius 3 is 2.59 bits per heavy atom. The fraction of sp³-hybridized carbons (Fsp3) is 0.696. The summed E-state index contributed by atoms with van der Waals surface area (Å²) >= 11 is 0. The molecule has 5 fully saturated rings. The van der Waals surface area contributed by atoms with Gasteiger partial charge in [0.15, 0.2) is 11.5 Å². The number of nitrogens with zero attached hydrogens (tertiary/aromatic N) is 2. The smallest absolute Gasteiger partial charge is 0.317 e. The van der Waals surface area contributed by atoms with Crippen LogP contribution in [0.15, 0.2) is 18.2 Å². The Labute approximate surface area is 172 Å². The number of carbonyl (C=O) groups excluding carboxylic acids is 1. The zero-order chi connectivity index (χ0) is 19.4. The van der Waals surface area contributed by atoms with Crippen LogP contribution < -0.4 is 14.8 Å². The molecule has 1 aromatic rings. The number of carbonyl (C=O) groups is 1. The molecule has 0 radical (unpaired) electrons. The van der Waals surface area contributed by atoms with Gasteiger partial charge < -0.3 is 19.7 Å². The predicted molar refractivity (Wildman–Crippen MR) is 109 cm³/mol. The molecule has 6 aliphatic rings. The van der Waals surface area contributed by atoms with Crippen LogP contribution in [0.5, 0.6) is 11.5 Å². The molecule has 5 aliphatic heterocycles. The summed E-state index contributed by atoms with van der Waals surface area (Å²) in [5.74, 6) is 2.66. The molecule has 0 unspecified atom stereocenters. The second-order valence-electron chi connectivity index (χ2n) is 9.51. The van der Waals surface area contributed by atoms with Crippen LogP contribution in [0, 0.1) is 5.92 Å². The van der Waals surface area contributed by atoms with Gasteiger partial charge in [-0.2, -0.15) is 0 Å². The summed E-state index contributed by atoms with van der Waals surface area (Å²) in [7, 11) is 0. The van der Waals surface area contributed by atoms with Gasteiger partial charge in [-0.15, -0.1) is 0 Å². The minimum absolute atomic E-state index is 0.170. The van der Waals surface area contributed by atoms with Crippen molar-refractivity contribution in [1.82, 2.24) is 15.1 Å². The molecule has 1 N–H and O–H groups in total. The van der Waals surface area contributed by atoms with Crippen molar-refractivity contribution in [3.8, 4) is 11.5 Å². The van der Waals surface area contributed by atoms with Gasteiger partial charge in [0.1, 0.15) is 0 Å². The van der Waals surface area contributed by atoms with Gasteiger partial charge in [0.05, 0.1) is 6.04 Å². The lowest BCUT2D eigenvalue weighted by Crippen LogP contribution is -2.62. The highest BCUT2D eigenvalue weighted by molar-refractivity contribution is 5.76. The van der Waals surface area contributed by atoms with Crippen LogP contribution in [-0.4, -0.2) is 60.4 Å². The number of likely N-dealkylation sites (tertiary alicyclic amines) is 1. The van der Waals surface area contributed by atoms with Crippen LogP contribution in [-0.2, 0) is 0 Å². The molecule has 0 spiro atoms. The molecule has 7 rings (SSSR count). The van der Waals surface area contributed by atoms with Gasteiger partial charge in [-0.3, -0.25) is 4.90 Å². The van der Waals surface area contributed by atoms with E-state index in [9.17, 15) is 4.79 Å². The summed E-state index contributed by atoms with van der Waals surface area (Å²) in [5, 5.41) is 3.39. The van der Waals surface area contributed by atoms with Gasteiger partial charge >= 0.3 is 6.03 Å². The number of hydrogen-bond donors (Lipinski definition) is 1. The van der Waals surface area contributed by atoms with Crippen molar-refractivity contribution in [1.29, 1.82) is 0 Å². The van der Waals surface area contributed by atoms with Crippen molar-refractivity contribution in [2.24, 2.45) is 5.92 Å². The van der Waals surface area contributed by atoms with Crippen LogP contribution in [0.25, 0.3) is 0 Å². The van der Waals surface area contributed by atoms with E-state index in [1.165, 1.54) is 50.8 Å². The van der Waals surface area contributed by atoms with Gasteiger partial charge in [-0.25, -0.2) is 4.79 Å². The maximum Gasteiger partial charge on any atom is 0.317 e. The SMILES string of the molecule is O=C(NC1CCCCC1)N1C[C@H](c2ccc3c(c2)OCO3)[C@H]2[C@@H]1C1CCN2CC1. The fourth-order valence-electron chi connectivity index (χ4n) is 6.60. The zero-order valence-corrected chi connectivity index (χ0v) is 17.0. The quantitative estimate of drug-likeness (QED) is 0.832. The fourth-order valence-corrected chi connectivity index (χ4v) is 6.60. The lowest BCUT2D eigenvalue weighted by Gasteiger charge is -2.51. The first-order valence-corrected chi connectivity index (χ1v) is 11.5. The first-order chi connectivity index (χ1) is 14.3. The van der Waals surface area contributed by atoms with Gasteiger partial charge in [-0.05, 0) is 62.4 Å². The van der Waals surface area contributed by atoms with Gasteiger partial charge in [0.2, 0.25) is 6.79 Å². The Hall–Kier alpha value is -1.95. The van der Waals surface area contributed by atoms with Crippen molar-refractivity contribution in [3.05, 3.63) is 23.8 Å². The monoisotopic (exact) mass is 397 g/mol. The number of rotatable bonds is 2. The number of nitrogens with one attached hydrogen (secondary N) is 1. The van der Waals surface area contributed by atoms with E-state index in [-0.39, 0.29) is 6.03 Å². The number of fused-ring (bicyclic) bond motifs is 3. The molecule has 0 aromatic heterocycles. The summed E-state index contributed by atoms with van der Waals surface area (Å²) in [6.07, 6.45) is 8.51. The Bertz CT molecular complexity index is 786. The lowest BCUT2D eigenvalue weighted by atomic mass is 9.75. The van der Waals surface area contributed by atoms with Crippen molar-refractivity contribution >= 4 is 6.03 Å². The predicted octanol–water partition coefficient (Wildman–Crippen LogP) is 3.32. The summed E-state index contributed by atoms with van der Waals surface area (Å²) in [6.45, 7) is 3.45. The van der Waals surface area contributed by atoms with Gasteiger partial charge in [0.25, 0.3) is 0 Å². The number of amides is 2. The van der Waals surface area contributed by atoms with Crippen LogP contribution in [0.1, 0.15) is 56.4 Å². The normalized spacial score (nSPS) is 35.6. The van der Waals surface area contributed by atoms with Crippen LogP contribution in [0.2, 0.25) is 0 Å². The number of benzene rings is 1. The highest BCUT2D eigenvalue weighted by Gasteiger charge is 2.54. The third-order valence-electron chi connectivity index (χ3n) is 8.01. The van der Waals surface area contributed by atoms with Crippen molar-refractivity contribution in [2.75, 3.05) is 26.4 Å². The third kappa shape index (κ3) is 2.98. The van der Waals surface area contributed by atoms with Gasteiger partial charge in [-0.1, -0.05) is 25.3 Å². The van der Waals surface area contributed by atoms with Crippen molar-refractivity contribution in [3.63, 3.8) is 0 Å². The molecule has 1 aromatic carbocycles. The largest absolute Gasteiger partial charge is 0.454 e. The van der Waals surface area contributed by atoms with E-state index >= 15 is 0 Å². The lowest BCUT2D eigenvalue weighted by molar-refractivity contribution is 0.00314. The Balaban J connectivity index is 1.28. The second kappa shape index (κ2) is 7.08. The zero-order valence-electron chi connectivity index (χ0n) is 17.0. The number of hydrogen-bond acceptors (Lipinski definition) is 4. The molecule has 1 aliphatic carbocycles. The molecular formula is C23H31N3O3. The molecule has 5 heterocycles.